The van der Waals surface area contributed by atoms with Crippen molar-refractivity contribution < 1.29 is 14.3 Å². The van der Waals surface area contributed by atoms with Crippen LogP contribution in [0.5, 0.6) is 11.5 Å². The molecule has 3 aliphatic rings. The highest BCUT2D eigenvalue weighted by atomic mass is 16.5. The topological polar surface area (TPSA) is 47.6 Å². The maximum absolute atomic E-state index is 13.2. The van der Waals surface area contributed by atoms with E-state index in [1.165, 1.54) is 43.2 Å². The summed E-state index contributed by atoms with van der Waals surface area (Å²) in [6, 6.07) is 14.4. The fourth-order valence-electron chi connectivity index (χ4n) is 5.64. The molecule has 164 valence electrons. The van der Waals surface area contributed by atoms with Crippen LogP contribution in [0.2, 0.25) is 0 Å². The summed E-state index contributed by atoms with van der Waals surface area (Å²) in [6.07, 6.45) is 10.7. The molecule has 0 saturated heterocycles. The van der Waals surface area contributed by atoms with Crippen LogP contribution in [-0.2, 0) is 17.6 Å². The van der Waals surface area contributed by atoms with Crippen molar-refractivity contribution in [1.29, 1.82) is 0 Å². The Morgan fingerprint density at radius 3 is 2.71 bits per heavy atom. The second kappa shape index (κ2) is 8.57. The molecule has 4 heteroatoms. The molecular weight excluding hydrogens is 386 g/mol. The summed E-state index contributed by atoms with van der Waals surface area (Å²) in [5.74, 6) is 1.74. The van der Waals surface area contributed by atoms with E-state index in [0.29, 0.717) is 0 Å². The second-order valence-electron chi connectivity index (χ2n) is 9.51. The number of carbonyl (C=O) groups excluding carboxylic acids is 1. The lowest BCUT2D eigenvalue weighted by Gasteiger charge is -2.44. The van der Waals surface area contributed by atoms with Crippen LogP contribution in [0.15, 0.2) is 42.5 Å². The first-order valence-electron chi connectivity index (χ1n) is 12.0. The molecule has 1 saturated carbocycles. The van der Waals surface area contributed by atoms with Crippen LogP contribution in [0.3, 0.4) is 0 Å². The molecule has 1 amide bonds. The van der Waals surface area contributed by atoms with Gasteiger partial charge in [0.1, 0.15) is 17.1 Å². The molecule has 0 unspecified atom stereocenters. The van der Waals surface area contributed by atoms with Gasteiger partial charge in [0.25, 0.3) is 5.91 Å². The number of fused-ring (bicyclic) bond motifs is 2. The summed E-state index contributed by atoms with van der Waals surface area (Å²) in [6.45, 7) is 1.86. The minimum Gasteiger partial charge on any atom is -0.487 e. The molecule has 31 heavy (non-hydrogen) atoms. The van der Waals surface area contributed by atoms with Crippen molar-refractivity contribution in [3.05, 3.63) is 59.2 Å². The van der Waals surface area contributed by atoms with Gasteiger partial charge in [-0.1, -0.05) is 36.8 Å². The lowest BCUT2D eigenvalue weighted by atomic mass is 9.77. The van der Waals surface area contributed by atoms with Crippen molar-refractivity contribution in [2.45, 2.75) is 88.9 Å². The summed E-state index contributed by atoms with van der Waals surface area (Å²) in [5, 5.41) is 3.30. The Labute approximate surface area is 185 Å². The molecule has 0 aromatic heterocycles. The predicted octanol–water partition coefficient (Wildman–Crippen LogP) is 5.68. The first-order valence-corrected chi connectivity index (χ1v) is 12.0. The number of ether oxygens (including phenoxy) is 2. The van der Waals surface area contributed by atoms with Gasteiger partial charge in [-0.3, -0.25) is 4.79 Å². The third kappa shape index (κ3) is 4.17. The Hall–Kier alpha value is -2.49. The van der Waals surface area contributed by atoms with Gasteiger partial charge in [0, 0.05) is 12.0 Å². The zero-order chi connectivity index (χ0) is 21.3. The Kier molecular flexibility index (Phi) is 5.64. The summed E-state index contributed by atoms with van der Waals surface area (Å²) in [4.78, 5) is 13.2. The Morgan fingerprint density at radius 2 is 1.84 bits per heavy atom. The normalized spacial score (nSPS) is 22.5. The van der Waals surface area contributed by atoms with E-state index in [-0.39, 0.29) is 17.6 Å². The van der Waals surface area contributed by atoms with Crippen LogP contribution in [0.4, 0.5) is 0 Å². The fraction of sp³-hybridized carbons (Fsp3) is 0.519. The van der Waals surface area contributed by atoms with Crippen molar-refractivity contribution in [3.8, 4) is 11.5 Å². The van der Waals surface area contributed by atoms with Crippen LogP contribution >= 0.6 is 0 Å². The Balaban J connectivity index is 1.32. The van der Waals surface area contributed by atoms with E-state index in [1.807, 2.05) is 37.3 Å². The second-order valence-corrected chi connectivity index (χ2v) is 9.51. The van der Waals surface area contributed by atoms with Crippen molar-refractivity contribution in [2.24, 2.45) is 0 Å². The number of para-hydroxylation sites is 1. The van der Waals surface area contributed by atoms with Gasteiger partial charge in [0.2, 0.25) is 0 Å². The molecular formula is C27H33NO3. The predicted molar refractivity (Wildman–Crippen MR) is 122 cm³/mol. The number of nitrogens with one attached hydrogen (secondary N) is 1. The number of amides is 1. The molecule has 1 aliphatic heterocycles. The largest absolute Gasteiger partial charge is 0.487 e. The molecule has 1 fully saturated rings. The molecule has 1 N–H and O–H groups in total. The van der Waals surface area contributed by atoms with Crippen molar-refractivity contribution in [3.63, 3.8) is 0 Å². The highest BCUT2D eigenvalue weighted by Gasteiger charge is 2.42. The van der Waals surface area contributed by atoms with Gasteiger partial charge < -0.3 is 14.8 Å². The number of rotatable bonds is 4. The van der Waals surface area contributed by atoms with E-state index in [9.17, 15) is 4.79 Å². The summed E-state index contributed by atoms with van der Waals surface area (Å²) >= 11 is 0. The zero-order valence-corrected chi connectivity index (χ0v) is 18.5. The van der Waals surface area contributed by atoms with E-state index in [0.717, 1.165) is 49.2 Å². The molecule has 1 heterocycles. The maximum Gasteiger partial charge on any atom is 0.261 e. The molecule has 2 aromatic rings. The number of carbonyl (C=O) groups is 1. The van der Waals surface area contributed by atoms with Gasteiger partial charge in [0.15, 0.2) is 6.10 Å². The molecule has 2 aromatic carbocycles. The highest BCUT2D eigenvalue weighted by molar-refractivity contribution is 5.81. The van der Waals surface area contributed by atoms with Gasteiger partial charge in [-0.05, 0) is 81.5 Å². The van der Waals surface area contributed by atoms with Gasteiger partial charge in [-0.25, -0.2) is 0 Å². The Morgan fingerprint density at radius 1 is 1.03 bits per heavy atom. The molecule has 5 rings (SSSR count). The smallest absolute Gasteiger partial charge is 0.261 e. The minimum absolute atomic E-state index is 0.0358. The SMILES string of the molecule is C[C@@H](Oc1cccc2c1CCCC2)C(=O)N[C@H]1CC2(CCCCC2)Oc2ccccc21. The van der Waals surface area contributed by atoms with E-state index in [4.69, 9.17) is 9.47 Å². The number of hydrogen-bond donors (Lipinski definition) is 1. The van der Waals surface area contributed by atoms with Gasteiger partial charge in [-0.2, -0.15) is 0 Å². The van der Waals surface area contributed by atoms with Crippen LogP contribution in [0.1, 0.15) is 81.0 Å². The van der Waals surface area contributed by atoms with Crippen LogP contribution < -0.4 is 14.8 Å². The number of aryl methyl sites for hydroxylation is 1. The third-order valence-electron chi connectivity index (χ3n) is 7.30. The number of hydrogen-bond acceptors (Lipinski definition) is 3. The van der Waals surface area contributed by atoms with E-state index >= 15 is 0 Å². The molecule has 0 bridgehead atoms. The third-order valence-corrected chi connectivity index (χ3v) is 7.30. The maximum atomic E-state index is 13.2. The first-order chi connectivity index (χ1) is 15.1. The molecule has 2 aliphatic carbocycles. The van der Waals surface area contributed by atoms with Crippen molar-refractivity contribution >= 4 is 5.91 Å². The van der Waals surface area contributed by atoms with Crippen molar-refractivity contribution in [1.82, 2.24) is 5.32 Å². The highest BCUT2D eigenvalue weighted by Crippen LogP contribution is 2.46. The Bertz CT molecular complexity index is 947. The minimum atomic E-state index is -0.536. The van der Waals surface area contributed by atoms with Crippen LogP contribution in [0.25, 0.3) is 0 Å². The van der Waals surface area contributed by atoms with Crippen LogP contribution in [0, 0.1) is 0 Å². The van der Waals surface area contributed by atoms with E-state index in [1.54, 1.807) is 0 Å². The van der Waals surface area contributed by atoms with Gasteiger partial charge >= 0.3 is 0 Å². The van der Waals surface area contributed by atoms with Crippen LogP contribution in [-0.4, -0.2) is 17.6 Å². The standard InChI is InChI=1S/C27H33NO3/c1-19(30-24-15-9-11-20-10-3-4-12-21(20)24)26(29)28-23-18-27(16-7-2-8-17-27)31-25-14-6-5-13-22(23)25/h5-6,9,11,13-15,19,23H,2-4,7-8,10,12,16-18H2,1H3,(H,28,29)/t19-,23+/m1/s1. The lowest BCUT2D eigenvalue weighted by Crippen LogP contribution is -2.48. The summed E-state index contributed by atoms with van der Waals surface area (Å²) in [7, 11) is 0. The quantitative estimate of drug-likeness (QED) is 0.694. The molecule has 1 spiro atoms. The fourth-order valence-corrected chi connectivity index (χ4v) is 5.64. The lowest BCUT2D eigenvalue weighted by molar-refractivity contribution is -0.128. The molecule has 0 radical (unpaired) electrons. The van der Waals surface area contributed by atoms with E-state index < -0.39 is 6.10 Å². The summed E-state index contributed by atoms with van der Waals surface area (Å²) < 4.78 is 12.7. The van der Waals surface area contributed by atoms with E-state index in [2.05, 4.69) is 17.4 Å². The van der Waals surface area contributed by atoms with Gasteiger partial charge in [-0.15, -0.1) is 0 Å². The first kappa shape index (κ1) is 20.4. The average molecular weight is 420 g/mol. The zero-order valence-electron chi connectivity index (χ0n) is 18.5. The average Bonchev–Trinajstić information content (AvgIpc) is 2.80. The molecule has 2 atom stereocenters. The number of benzene rings is 2. The molecule has 4 nitrogen and oxygen atoms in total. The van der Waals surface area contributed by atoms with Crippen molar-refractivity contribution in [2.75, 3.05) is 0 Å². The summed E-state index contributed by atoms with van der Waals surface area (Å²) in [5.41, 5.74) is 3.59. The van der Waals surface area contributed by atoms with Gasteiger partial charge in [0.05, 0.1) is 6.04 Å². The monoisotopic (exact) mass is 419 g/mol.